The Morgan fingerprint density at radius 3 is 2.44 bits per heavy atom. The van der Waals surface area contributed by atoms with Crippen LogP contribution in [0.5, 0.6) is 0 Å². The van der Waals surface area contributed by atoms with Crippen molar-refractivity contribution in [3.63, 3.8) is 0 Å². The number of nitrogens with two attached hydrogens (primary N) is 1. The highest BCUT2D eigenvalue weighted by molar-refractivity contribution is 5.92. The maximum absolute atomic E-state index is 12.8. The summed E-state index contributed by atoms with van der Waals surface area (Å²) in [4.78, 5) is 11.5. The highest BCUT2D eigenvalue weighted by Gasteiger charge is 2.17. The molecular formula is C11H14F2N2O. The first-order valence-electron chi connectivity index (χ1n) is 4.93. The zero-order valence-corrected chi connectivity index (χ0v) is 9.13. The minimum atomic E-state index is -0.994. The molecule has 2 atom stereocenters. The summed E-state index contributed by atoms with van der Waals surface area (Å²) in [6.07, 6.45) is 0. The van der Waals surface area contributed by atoms with Gasteiger partial charge in [0, 0.05) is 17.8 Å². The second-order valence-corrected chi connectivity index (χ2v) is 3.77. The second-order valence-electron chi connectivity index (χ2n) is 3.77. The average Bonchev–Trinajstić information content (AvgIpc) is 2.22. The molecule has 0 saturated heterocycles. The first-order valence-corrected chi connectivity index (χ1v) is 4.93. The van der Waals surface area contributed by atoms with E-state index in [0.29, 0.717) is 0 Å². The van der Waals surface area contributed by atoms with Crippen molar-refractivity contribution in [2.24, 2.45) is 11.7 Å². The van der Waals surface area contributed by atoms with Gasteiger partial charge in [-0.1, -0.05) is 6.92 Å². The van der Waals surface area contributed by atoms with Crippen molar-refractivity contribution in [3.05, 3.63) is 29.8 Å². The summed E-state index contributed by atoms with van der Waals surface area (Å²) in [6, 6.07) is 2.89. The fourth-order valence-electron chi connectivity index (χ4n) is 1.07. The summed E-state index contributed by atoms with van der Waals surface area (Å²) in [5.74, 6) is -2.65. The molecule has 0 aliphatic heterocycles. The Kier molecular flexibility index (Phi) is 3.95. The van der Waals surface area contributed by atoms with Gasteiger partial charge >= 0.3 is 0 Å². The van der Waals surface area contributed by atoms with Crippen molar-refractivity contribution in [3.8, 4) is 0 Å². The molecular weight excluding hydrogens is 214 g/mol. The molecule has 3 N–H and O–H groups in total. The lowest BCUT2D eigenvalue weighted by Gasteiger charge is -2.15. The van der Waals surface area contributed by atoms with Crippen LogP contribution >= 0.6 is 0 Å². The van der Waals surface area contributed by atoms with Crippen LogP contribution in [0.4, 0.5) is 14.5 Å². The minimum absolute atomic E-state index is 0.219. The number of nitrogens with one attached hydrogen (secondary N) is 1. The van der Waals surface area contributed by atoms with Crippen molar-refractivity contribution in [2.75, 3.05) is 5.32 Å². The lowest BCUT2D eigenvalue weighted by molar-refractivity contribution is -0.119. The van der Waals surface area contributed by atoms with Gasteiger partial charge < -0.3 is 11.1 Å². The first-order chi connectivity index (χ1) is 7.41. The van der Waals surface area contributed by atoms with E-state index < -0.39 is 17.6 Å². The van der Waals surface area contributed by atoms with E-state index in [1.807, 2.05) is 0 Å². The van der Waals surface area contributed by atoms with Crippen LogP contribution in [0, 0.1) is 17.6 Å². The third-order valence-corrected chi connectivity index (χ3v) is 2.39. The third-order valence-electron chi connectivity index (χ3n) is 2.39. The smallest absolute Gasteiger partial charge is 0.228 e. The summed E-state index contributed by atoms with van der Waals surface area (Å²) < 4.78 is 25.5. The Labute approximate surface area is 92.6 Å². The molecule has 0 aliphatic carbocycles. The van der Waals surface area contributed by atoms with E-state index in [9.17, 15) is 13.6 Å². The normalized spacial score (nSPS) is 14.3. The molecule has 1 aromatic carbocycles. The molecule has 1 rings (SSSR count). The van der Waals surface area contributed by atoms with Crippen LogP contribution in [0.15, 0.2) is 18.2 Å². The second kappa shape index (κ2) is 5.03. The van der Waals surface area contributed by atoms with Gasteiger partial charge in [-0.15, -0.1) is 0 Å². The molecule has 0 aliphatic rings. The fraction of sp³-hybridized carbons (Fsp3) is 0.364. The summed E-state index contributed by atoms with van der Waals surface area (Å²) in [6.45, 7) is 3.37. The van der Waals surface area contributed by atoms with Crippen molar-refractivity contribution >= 4 is 11.6 Å². The van der Waals surface area contributed by atoms with E-state index in [0.717, 1.165) is 12.1 Å². The molecule has 0 spiro atoms. The molecule has 0 heterocycles. The maximum Gasteiger partial charge on any atom is 0.228 e. The largest absolute Gasteiger partial charge is 0.327 e. The molecule has 1 amide bonds. The Balaban J connectivity index is 2.74. The van der Waals surface area contributed by atoms with Gasteiger partial charge in [-0.05, 0) is 19.1 Å². The minimum Gasteiger partial charge on any atom is -0.327 e. The quantitative estimate of drug-likeness (QED) is 0.830. The zero-order chi connectivity index (χ0) is 12.3. The molecule has 0 saturated carbocycles. The highest BCUT2D eigenvalue weighted by atomic mass is 19.2. The van der Waals surface area contributed by atoms with E-state index in [-0.39, 0.29) is 17.6 Å². The number of anilines is 1. The van der Waals surface area contributed by atoms with Crippen LogP contribution in [0.3, 0.4) is 0 Å². The number of carbonyl (C=O) groups excluding carboxylic acids is 1. The van der Waals surface area contributed by atoms with Crippen molar-refractivity contribution < 1.29 is 13.6 Å². The van der Waals surface area contributed by atoms with Gasteiger partial charge in [-0.25, -0.2) is 8.78 Å². The molecule has 2 unspecified atom stereocenters. The molecule has 16 heavy (non-hydrogen) atoms. The van der Waals surface area contributed by atoms with Gasteiger partial charge in [0.15, 0.2) is 11.6 Å². The van der Waals surface area contributed by atoms with Gasteiger partial charge in [-0.3, -0.25) is 4.79 Å². The Morgan fingerprint density at radius 1 is 1.31 bits per heavy atom. The van der Waals surface area contributed by atoms with Crippen molar-refractivity contribution in [2.45, 2.75) is 19.9 Å². The van der Waals surface area contributed by atoms with E-state index in [1.54, 1.807) is 13.8 Å². The molecule has 0 aromatic heterocycles. The predicted octanol–water partition coefficient (Wildman–Crippen LogP) is 1.89. The predicted molar refractivity (Wildman–Crippen MR) is 57.8 cm³/mol. The SMILES string of the molecule is CC(N)C(C)C(=O)Nc1ccc(F)c(F)c1. The number of hydrogen-bond donors (Lipinski definition) is 2. The number of rotatable bonds is 3. The molecule has 0 bridgehead atoms. The van der Waals surface area contributed by atoms with Crippen LogP contribution in [-0.2, 0) is 4.79 Å². The Morgan fingerprint density at radius 2 is 1.94 bits per heavy atom. The number of amides is 1. The monoisotopic (exact) mass is 228 g/mol. The standard InChI is InChI=1S/C11H14F2N2O/c1-6(7(2)14)11(16)15-8-3-4-9(12)10(13)5-8/h3-7H,14H2,1-2H3,(H,15,16). The van der Waals surface area contributed by atoms with Crippen LogP contribution in [-0.4, -0.2) is 11.9 Å². The molecule has 0 radical (unpaired) electrons. The van der Waals surface area contributed by atoms with E-state index in [1.165, 1.54) is 6.07 Å². The fourth-order valence-corrected chi connectivity index (χ4v) is 1.07. The van der Waals surface area contributed by atoms with Crippen LogP contribution in [0.2, 0.25) is 0 Å². The third kappa shape index (κ3) is 3.00. The van der Waals surface area contributed by atoms with Gasteiger partial charge in [0.1, 0.15) is 0 Å². The molecule has 5 heteroatoms. The highest BCUT2D eigenvalue weighted by Crippen LogP contribution is 2.14. The Hall–Kier alpha value is -1.49. The zero-order valence-electron chi connectivity index (χ0n) is 9.13. The summed E-state index contributed by atoms with van der Waals surface area (Å²) in [7, 11) is 0. The topological polar surface area (TPSA) is 55.1 Å². The summed E-state index contributed by atoms with van der Waals surface area (Å²) >= 11 is 0. The van der Waals surface area contributed by atoms with Crippen molar-refractivity contribution in [1.82, 2.24) is 0 Å². The van der Waals surface area contributed by atoms with E-state index in [4.69, 9.17) is 5.73 Å². The maximum atomic E-state index is 12.8. The molecule has 0 fully saturated rings. The van der Waals surface area contributed by atoms with Crippen LogP contribution in [0.25, 0.3) is 0 Å². The number of hydrogen-bond acceptors (Lipinski definition) is 2. The molecule has 3 nitrogen and oxygen atoms in total. The lowest BCUT2D eigenvalue weighted by Crippen LogP contribution is -2.34. The average molecular weight is 228 g/mol. The number of halogens is 2. The van der Waals surface area contributed by atoms with Gasteiger partial charge in [0.05, 0.1) is 5.92 Å². The lowest BCUT2D eigenvalue weighted by atomic mass is 10.0. The van der Waals surface area contributed by atoms with Gasteiger partial charge in [0.2, 0.25) is 5.91 Å². The number of carbonyl (C=O) groups is 1. The number of benzene rings is 1. The van der Waals surface area contributed by atoms with E-state index in [2.05, 4.69) is 5.32 Å². The Bertz CT molecular complexity index is 394. The molecule has 1 aromatic rings. The first kappa shape index (κ1) is 12.6. The summed E-state index contributed by atoms with van der Waals surface area (Å²) in [5.41, 5.74) is 5.77. The van der Waals surface area contributed by atoms with Crippen molar-refractivity contribution in [1.29, 1.82) is 0 Å². The van der Waals surface area contributed by atoms with E-state index >= 15 is 0 Å². The summed E-state index contributed by atoms with van der Waals surface area (Å²) in [5, 5.41) is 2.47. The van der Waals surface area contributed by atoms with Crippen LogP contribution < -0.4 is 11.1 Å². The van der Waals surface area contributed by atoms with Gasteiger partial charge in [-0.2, -0.15) is 0 Å². The van der Waals surface area contributed by atoms with Crippen LogP contribution in [0.1, 0.15) is 13.8 Å². The van der Waals surface area contributed by atoms with Gasteiger partial charge in [0.25, 0.3) is 0 Å². The molecule has 88 valence electrons.